The van der Waals surface area contributed by atoms with Crippen molar-refractivity contribution in [1.29, 1.82) is 0 Å². The van der Waals surface area contributed by atoms with Gasteiger partial charge in [-0.1, -0.05) is 39.3 Å². The summed E-state index contributed by atoms with van der Waals surface area (Å²) in [5.41, 5.74) is 2.24. The molecule has 0 bridgehead atoms. The third-order valence-corrected chi connectivity index (χ3v) is 3.20. The van der Waals surface area contributed by atoms with E-state index in [1.165, 1.54) is 5.57 Å². The second-order valence-electron chi connectivity index (χ2n) is 6.68. The van der Waals surface area contributed by atoms with Crippen LogP contribution >= 0.6 is 0 Å². The summed E-state index contributed by atoms with van der Waals surface area (Å²) in [4.78, 5) is 22.8. The van der Waals surface area contributed by atoms with Crippen molar-refractivity contribution in [1.82, 2.24) is 0 Å². The van der Waals surface area contributed by atoms with Crippen LogP contribution in [0.1, 0.15) is 60.8 Å². The van der Waals surface area contributed by atoms with E-state index >= 15 is 0 Å². The highest BCUT2D eigenvalue weighted by molar-refractivity contribution is 5.71. The van der Waals surface area contributed by atoms with Crippen molar-refractivity contribution in [3.05, 3.63) is 23.3 Å². The molecule has 4 nitrogen and oxygen atoms in total. The molecule has 0 rings (SSSR count). The summed E-state index contributed by atoms with van der Waals surface area (Å²) >= 11 is 0. The lowest BCUT2D eigenvalue weighted by molar-refractivity contribution is -0.146. The third-order valence-electron chi connectivity index (χ3n) is 3.20. The van der Waals surface area contributed by atoms with Gasteiger partial charge < -0.3 is 9.47 Å². The molecule has 0 aliphatic rings. The Morgan fingerprint density at radius 1 is 0.957 bits per heavy atom. The molecule has 0 saturated heterocycles. The van der Waals surface area contributed by atoms with Gasteiger partial charge in [0.25, 0.3) is 0 Å². The fourth-order valence-corrected chi connectivity index (χ4v) is 1.73. The Morgan fingerprint density at radius 3 is 2.17 bits per heavy atom. The van der Waals surface area contributed by atoms with Crippen molar-refractivity contribution in [2.75, 3.05) is 13.2 Å². The van der Waals surface area contributed by atoms with Crippen molar-refractivity contribution < 1.29 is 19.1 Å². The maximum absolute atomic E-state index is 11.5. The highest BCUT2D eigenvalue weighted by Gasteiger charge is 2.07. The average Bonchev–Trinajstić information content (AvgIpc) is 2.44. The number of hydrogen-bond donors (Lipinski definition) is 0. The molecule has 0 amide bonds. The van der Waals surface area contributed by atoms with Crippen LogP contribution in [0.2, 0.25) is 0 Å². The first-order valence-electron chi connectivity index (χ1n) is 8.35. The van der Waals surface area contributed by atoms with Crippen LogP contribution < -0.4 is 0 Å². The molecule has 0 unspecified atom stereocenters. The molecule has 0 spiro atoms. The monoisotopic (exact) mass is 324 g/mol. The van der Waals surface area contributed by atoms with Crippen LogP contribution in [0.25, 0.3) is 0 Å². The van der Waals surface area contributed by atoms with E-state index in [-0.39, 0.29) is 17.9 Å². The second kappa shape index (κ2) is 11.9. The van der Waals surface area contributed by atoms with Gasteiger partial charge in [0.15, 0.2) is 0 Å². The summed E-state index contributed by atoms with van der Waals surface area (Å²) in [6, 6.07) is 0. The molecule has 0 N–H and O–H groups in total. The van der Waals surface area contributed by atoms with Crippen LogP contribution in [0.15, 0.2) is 23.3 Å². The van der Waals surface area contributed by atoms with Gasteiger partial charge in [-0.15, -0.1) is 0 Å². The Balaban J connectivity index is 3.97. The predicted octanol–water partition coefficient (Wildman–Crippen LogP) is 4.45. The van der Waals surface area contributed by atoms with Gasteiger partial charge in [-0.25, -0.2) is 0 Å². The third kappa shape index (κ3) is 12.6. The molecule has 0 aromatic rings. The van der Waals surface area contributed by atoms with Crippen LogP contribution in [-0.2, 0) is 19.1 Å². The van der Waals surface area contributed by atoms with E-state index in [0.29, 0.717) is 25.6 Å². The summed E-state index contributed by atoms with van der Waals surface area (Å²) in [7, 11) is 0. The Morgan fingerprint density at radius 2 is 1.61 bits per heavy atom. The first-order valence-corrected chi connectivity index (χ1v) is 8.35. The molecule has 0 aromatic heterocycles. The maximum atomic E-state index is 11.5. The van der Waals surface area contributed by atoms with Crippen molar-refractivity contribution in [3.63, 3.8) is 0 Å². The zero-order valence-electron chi connectivity index (χ0n) is 15.5. The molecule has 0 aromatic carbocycles. The maximum Gasteiger partial charge on any atom is 0.308 e. The molecule has 4 heteroatoms. The van der Waals surface area contributed by atoms with Gasteiger partial charge in [-0.05, 0) is 44.3 Å². The van der Waals surface area contributed by atoms with Gasteiger partial charge in [0.05, 0.1) is 5.92 Å². The first kappa shape index (κ1) is 21.4. The molecule has 0 heterocycles. The first-order chi connectivity index (χ1) is 10.7. The van der Waals surface area contributed by atoms with E-state index in [0.717, 1.165) is 18.4 Å². The molecule has 0 radical (unpaired) electrons. The van der Waals surface area contributed by atoms with Crippen molar-refractivity contribution in [2.45, 2.75) is 60.8 Å². The van der Waals surface area contributed by atoms with E-state index in [2.05, 4.69) is 6.08 Å². The van der Waals surface area contributed by atoms with Gasteiger partial charge >= 0.3 is 11.9 Å². The van der Waals surface area contributed by atoms with E-state index < -0.39 is 0 Å². The number of esters is 2. The SMILES string of the molecule is C/C(=C/COC(=O)C(C)C)CC/C=C(\C)COC(=O)CC(C)C. The Kier molecular flexibility index (Phi) is 11.1. The van der Waals surface area contributed by atoms with E-state index in [1.807, 2.05) is 47.6 Å². The minimum atomic E-state index is -0.173. The molecule has 0 atom stereocenters. The fraction of sp³-hybridized carbons (Fsp3) is 0.684. The number of carbonyl (C=O) groups excluding carboxylic acids is 2. The van der Waals surface area contributed by atoms with Crippen LogP contribution in [0.5, 0.6) is 0 Å². The van der Waals surface area contributed by atoms with Gasteiger partial charge in [0.1, 0.15) is 13.2 Å². The minimum absolute atomic E-state index is 0.0901. The fourth-order valence-electron chi connectivity index (χ4n) is 1.73. The molecule has 23 heavy (non-hydrogen) atoms. The number of ether oxygens (including phenoxy) is 2. The second-order valence-corrected chi connectivity index (χ2v) is 6.68. The zero-order valence-corrected chi connectivity index (χ0v) is 15.5. The van der Waals surface area contributed by atoms with Crippen LogP contribution in [0, 0.1) is 11.8 Å². The van der Waals surface area contributed by atoms with Crippen LogP contribution in [-0.4, -0.2) is 25.2 Å². The van der Waals surface area contributed by atoms with Gasteiger partial charge in [0, 0.05) is 6.42 Å². The standard InChI is InChI=1S/C19H32O4/c1-14(2)12-18(20)23-13-17(6)9-7-8-16(5)10-11-22-19(21)15(3)4/h9-10,14-15H,7-8,11-13H2,1-6H3/b16-10-,17-9+. The molecule has 0 fully saturated rings. The summed E-state index contributed by atoms with van der Waals surface area (Å²) in [6.07, 6.45) is 6.26. The summed E-state index contributed by atoms with van der Waals surface area (Å²) in [5, 5.41) is 0. The lowest BCUT2D eigenvalue weighted by atomic mass is 10.1. The van der Waals surface area contributed by atoms with E-state index in [4.69, 9.17) is 9.47 Å². The normalized spacial score (nSPS) is 12.7. The minimum Gasteiger partial charge on any atom is -0.461 e. The average molecular weight is 324 g/mol. The quantitative estimate of drug-likeness (QED) is 0.440. The molecular formula is C19H32O4. The van der Waals surface area contributed by atoms with Gasteiger partial charge in [-0.3, -0.25) is 9.59 Å². The highest BCUT2D eigenvalue weighted by atomic mass is 16.5. The zero-order chi connectivity index (χ0) is 17.8. The van der Waals surface area contributed by atoms with Gasteiger partial charge in [-0.2, -0.15) is 0 Å². The highest BCUT2D eigenvalue weighted by Crippen LogP contribution is 2.08. The molecule has 0 aliphatic heterocycles. The Hall–Kier alpha value is -1.58. The van der Waals surface area contributed by atoms with E-state index in [9.17, 15) is 9.59 Å². The Bertz CT molecular complexity index is 431. The van der Waals surface area contributed by atoms with Crippen molar-refractivity contribution in [2.24, 2.45) is 11.8 Å². The molecule has 0 saturated carbocycles. The Labute approximate surface area is 140 Å². The smallest absolute Gasteiger partial charge is 0.308 e. The van der Waals surface area contributed by atoms with Crippen LogP contribution in [0.4, 0.5) is 0 Å². The van der Waals surface area contributed by atoms with E-state index in [1.54, 1.807) is 0 Å². The van der Waals surface area contributed by atoms with Gasteiger partial charge in [0.2, 0.25) is 0 Å². The number of allylic oxidation sites excluding steroid dienone is 2. The summed E-state index contributed by atoms with van der Waals surface area (Å²) < 4.78 is 10.3. The largest absolute Gasteiger partial charge is 0.461 e. The lowest BCUT2D eigenvalue weighted by Gasteiger charge is -2.07. The topological polar surface area (TPSA) is 52.6 Å². The molecule has 132 valence electrons. The van der Waals surface area contributed by atoms with Crippen molar-refractivity contribution in [3.8, 4) is 0 Å². The predicted molar refractivity (Wildman–Crippen MR) is 93.0 cm³/mol. The van der Waals surface area contributed by atoms with Crippen molar-refractivity contribution >= 4 is 11.9 Å². The molecular weight excluding hydrogens is 292 g/mol. The summed E-state index contributed by atoms with van der Waals surface area (Å²) in [5.74, 6) is -0.0825. The number of rotatable bonds is 10. The lowest BCUT2D eigenvalue weighted by Crippen LogP contribution is -2.11. The number of hydrogen-bond acceptors (Lipinski definition) is 4. The number of carbonyl (C=O) groups is 2. The summed E-state index contributed by atoms with van der Waals surface area (Å²) in [6.45, 7) is 12.3. The molecule has 0 aliphatic carbocycles. The van der Waals surface area contributed by atoms with Crippen LogP contribution in [0.3, 0.4) is 0 Å².